The second-order valence-corrected chi connectivity index (χ2v) is 6.93. The van der Waals surface area contributed by atoms with E-state index in [1.807, 2.05) is 37.3 Å². The molecule has 0 saturated carbocycles. The predicted octanol–water partition coefficient (Wildman–Crippen LogP) is 3.62. The Hall–Kier alpha value is -2.86. The van der Waals surface area contributed by atoms with E-state index >= 15 is 0 Å². The minimum Gasteiger partial charge on any atom is -0.497 e. The molecule has 2 amide bonds. The second-order valence-electron chi connectivity index (χ2n) is 6.93. The van der Waals surface area contributed by atoms with Crippen molar-refractivity contribution in [3.63, 3.8) is 0 Å². The molecule has 0 aliphatic carbocycles. The van der Waals surface area contributed by atoms with Gasteiger partial charge in [-0.05, 0) is 38.0 Å². The third-order valence-electron chi connectivity index (χ3n) is 5.10. The van der Waals surface area contributed by atoms with Gasteiger partial charge in [0, 0.05) is 30.3 Å². The van der Waals surface area contributed by atoms with Crippen molar-refractivity contribution in [2.75, 3.05) is 33.4 Å². The average molecular weight is 399 g/mol. The molecular formula is C23H30N2O4. The molecule has 0 aromatic heterocycles. The number of methoxy groups -OCH3 is 1. The van der Waals surface area contributed by atoms with Crippen molar-refractivity contribution in [2.24, 2.45) is 5.92 Å². The lowest BCUT2D eigenvalue weighted by molar-refractivity contribution is 0.0837. The van der Waals surface area contributed by atoms with Crippen molar-refractivity contribution < 1.29 is 19.4 Å². The van der Waals surface area contributed by atoms with Gasteiger partial charge in [-0.25, -0.2) is 4.79 Å². The quantitative estimate of drug-likeness (QED) is 0.413. The number of aliphatic hydroxyl groups excluding tert-OH is 1. The molecule has 1 aliphatic heterocycles. The molecule has 0 unspecified atom stereocenters. The minimum absolute atomic E-state index is 0.0656. The number of piperidine rings is 1. The maximum Gasteiger partial charge on any atom is 0.324 e. The standard InChI is InChI=1S/C23H30N2O4/c1-4-21(29-3)11-10-18(2)25(16-17-26)23(28)24-14-12-20(13-15-24)22(27)19-8-6-5-7-9-19/h4-11,20,26H,1,12-17H2,2-3H3. The number of aliphatic hydroxyl groups is 1. The first-order chi connectivity index (χ1) is 14.0. The van der Waals surface area contributed by atoms with Gasteiger partial charge in [0.25, 0.3) is 0 Å². The number of likely N-dealkylation sites (tertiary alicyclic amines) is 1. The summed E-state index contributed by atoms with van der Waals surface area (Å²) in [6, 6.07) is 9.13. The number of rotatable bonds is 8. The summed E-state index contributed by atoms with van der Waals surface area (Å²) in [6.45, 7) is 6.58. The van der Waals surface area contributed by atoms with Crippen LogP contribution in [0.4, 0.5) is 4.79 Å². The fourth-order valence-corrected chi connectivity index (χ4v) is 3.38. The summed E-state index contributed by atoms with van der Waals surface area (Å²) >= 11 is 0. The Bertz CT molecular complexity index is 762. The molecule has 0 spiro atoms. The first kappa shape index (κ1) is 22.4. The second kappa shape index (κ2) is 11.2. The number of Topliss-reactive ketones (excluding diaryl/α,β-unsaturated/α-hetero) is 1. The molecule has 1 N–H and O–H groups in total. The molecule has 1 aromatic rings. The van der Waals surface area contributed by atoms with E-state index in [2.05, 4.69) is 6.58 Å². The average Bonchev–Trinajstić information content (AvgIpc) is 2.77. The van der Waals surface area contributed by atoms with E-state index < -0.39 is 0 Å². The molecule has 1 saturated heterocycles. The summed E-state index contributed by atoms with van der Waals surface area (Å²) in [7, 11) is 1.55. The van der Waals surface area contributed by atoms with Crippen molar-refractivity contribution in [3.8, 4) is 0 Å². The molecule has 156 valence electrons. The Kier molecular flexibility index (Phi) is 8.68. The Morgan fingerprint density at radius 2 is 1.90 bits per heavy atom. The molecule has 0 atom stereocenters. The van der Waals surface area contributed by atoms with Crippen LogP contribution in [-0.4, -0.2) is 60.1 Å². The van der Waals surface area contributed by atoms with Crippen LogP contribution in [-0.2, 0) is 4.74 Å². The third-order valence-corrected chi connectivity index (χ3v) is 5.10. The van der Waals surface area contributed by atoms with E-state index in [4.69, 9.17) is 4.74 Å². The number of ketones is 1. The number of hydrogen-bond acceptors (Lipinski definition) is 4. The van der Waals surface area contributed by atoms with E-state index in [1.165, 1.54) is 0 Å². The van der Waals surface area contributed by atoms with Crippen LogP contribution in [0.3, 0.4) is 0 Å². The number of ether oxygens (including phenoxy) is 1. The lowest BCUT2D eigenvalue weighted by Crippen LogP contribution is -2.47. The van der Waals surface area contributed by atoms with Gasteiger partial charge in [0.05, 0.1) is 20.3 Å². The summed E-state index contributed by atoms with van der Waals surface area (Å²) in [5.41, 5.74) is 1.42. The van der Waals surface area contributed by atoms with Gasteiger partial charge in [-0.2, -0.15) is 0 Å². The van der Waals surface area contributed by atoms with Gasteiger partial charge in [-0.3, -0.25) is 9.69 Å². The van der Waals surface area contributed by atoms with Crippen LogP contribution in [0.15, 0.2) is 66.6 Å². The molecule has 1 heterocycles. The molecule has 0 bridgehead atoms. The lowest BCUT2D eigenvalue weighted by Gasteiger charge is -2.35. The summed E-state index contributed by atoms with van der Waals surface area (Å²) < 4.78 is 5.14. The number of amides is 2. The fraction of sp³-hybridized carbons (Fsp3) is 0.391. The van der Waals surface area contributed by atoms with Gasteiger partial charge in [0.15, 0.2) is 5.78 Å². The Morgan fingerprint density at radius 3 is 2.45 bits per heavy atom. The number of carbonyl (C=O) groups is 2. The van der Waals surface area contributed by atoms with Crippen LogP contribution in [0, 0.1) is 5.92 Å². The molecule has 2 rings (SSSR count). The summed E-state index contributed by atoms with van der Waals surface area (Å²) in [5.74, 6) is 0.660. The third kappa shape index (κ3) is 6.06. The number of urea groups is 1. The first-order valence-electron chi connectivity index (χ1n) is 9.83. The Balaban J connectivity index is 2.02. The van der Waals surface area contributed by atoms with Gasteiger partial charge in [-0.1, -0.05) is 36.9 Å². The molecule has 0 radical (unpaired) electrons. The van der Waals surface area contributed by atoms with E-state index in [1.54, 1.807) is 35.1 Å². The summed E-state index contributed by atoms with van der Waals surface area (Å²) in [5, 5.41) is 9.40. The molecule has 29 heavy (non-hydrogen) atoms. The van der Waals surface area contributed by atoms with Crippen molar-refractivity contribution in [3.05, 3.63) is 72.2 Å². The minimum atomic E-state index is -0.163. The van der Waals surface area contributed by atoms with Crippen LogP contribution in [0.1, 0.15) is 30.1 Å². The van der Waals surface area contributed by atoms with Crippen LogP contribution < -0.4 is 0 Å². The molecule has 6 nitrogen and oxygen atoms in total. The fourth-order valence-electron chi connectivity index (χ4n) is 3.38. The highest BCUT2D eigenvalue weighted by atomic mass is 16.5. The molecule has 1 fully saturated rings. The topological polar surface area (TPSA) is 70.1 Å². The number of allylic oxidation sites excluding steroid dienone is 4. The van der Waals surface area contributed by atoms with E-state index in [0.717, 1.165) is 5.56 Å². The molecule has 1 aromatic carbocycles. The van der Waals surface area contributed by atoms with E-state index in [9.17, 15) is 14.7 Å². The van der Waals surface area contributed by atoms with E-state index in [0.29, 0.717) is 37.4 Å². The monoisotopic (exact) mass is 398 g/mol. The van der Waals surface area contributed by atoms with Gasteiger partial charge in [0.2, 0.25) is 0 Å². The number of carbonyl (C=O) groups excluding carboxylic acids is 2. The smallest absolute Gasteiger partial charge is 0.324 e. The number of nitrogens with zero attached hydrogens (tertiary/aromatic N) is 2. The Labute approximate surface area is 172 Å². The molecule has 6 heteroatoms. The lowest BCUT2D eigenvalue weighted by atomic mass is 9.89. The van der Waals surface area contributed by atoms with Crippen LogP contribution in [0.2, 0.25) is 0 Å². The first-order valence-corrected chi connectivity index (χ1v) is 9.83. The van der Waals surface area contributed by atoms with Crippen molar-refractivity contribution in [1.82, 2.24) is 9.80 Å². The predicted molar refractivity (Wildman–Crippen MR) is 113 cm³/mol. The zero-order chi connectivity index (χ0) is 21.2. The summed E-state index contributed by atoms with van der Waals surface area (Å²) in [4.78, 5) is 28.9. The largest absolute Gasteiger partial charge is 0.497 e. The maximum atomic E-state index is 13.0. The molecule has 1 aliphatic rings. The number of hydrogen-bond donors (Lipinski definition) is 1. The van der Waals surface area contributed by atoms with Crippen molar-refractivity contribution in [2.45, 2.75) is 19.8 Å². The van der Waals surface area contributed by atoms with Crippen LogP contribution >= 0.6 is 0 Å². The highest BCUT2D eigenvalue weighted by Crippen LogP contribution is 2.23. The van der Waals surface area contributed by atoms with E-state index in [-0.39, 0.29) is 30.9 Å². The van der Waals surface area contributed by atoms with Gasteiger partial charge < -0.3 is 14.7 Å². The van der Waals surface area contributed by atoms with Gasteiger partial charge in [-0.15, -0.1) is 0 Å². The van der Waals surface area contributed by atoms with Crippen LogP contribution in [0.5, 0.6) is 0 Å². The Morgan fingerprint density at radius 1 is 1.24 bits per heavy atom. The molecular weight excluding hydrogens is 368 g/mol. The maximum absolute atomic E-state index is 13.0. The zero-order valence-electron chi connectivity index (χ0n) is 17.2. The van der Waals surface area contributed by atoms with Crippen LogP contribution in [0.25, 0.3) is 0 Å². The SMILES string of the molecule is C=CC(=CC=C(C)N(CCO)C(=O)N1CCC(C(=O)c2ccccc2)CC1)OC. The highest BCUT2D eigenvalue weighted by Gasteiger charge is 2.30. The number of benzene rings is 1. The van der Waals surface area contributed by atoms with Crippen molar-refractivity contribution in [1.29, 1.82) is 0 Å². The highest BCUT2D eigenvalue weighted by molar-refractivity contribution is 5.98. The normalized spacial score (nSPS) is 15.8. The van der Waals surface area contributed by atoms with Gasteiger partial charge in [0.1, 0.15) is 5.76 Å². The van der Waals surface area contributed by atoms with Crippen molar-refractivity contribution >= 4 is 11.8 Å². The van der Waals surface area contributed by atoms with Gasteiger partial charge >= 0.3 is 6.03 Å². The zero-order valence-corrected chi connectivity index (χ0v) is 17.2. The summed E-state index contributed by atoms with van der Waals surface area (Å²) in [6.07, 6.45) is 6.35.